The van der Waals surface area contributed by atoms with Crippen LogP contribution >= 0.6 is 0 Å². The summed E-state index contributed by atoms with van der Waals surface area (Å²) >= 11 is 0. The van der Waals surface area contributed by atoms with Gasteiger partial charge < -0.3 is 24.3 Å². The van der Waals surface area contributed by atoms with Crippen LogP contribution in [-0.4, -0.2) is 44.0 Å². The number of carbonyl (C=O) groups is 2. The third-order valence-corrected chi connectivity index (χ3v) is 7.17. The van der Waals surface area contributed by atoms with Crippen molar-refractivity contribution in [2.75, 3.05) is 20.8 Å². The van der Waals surface area contributed by atoms with Crippen LogP contribution < -0.4 is 14.8 Å². The fraction of sp³-hybridized carbons (Fsp3) is 0.297. The maximum absolute atomic E-state index is 13.8. The van der Waals surface area contributed by atoms with Crippen molar-refractivity contribution in [3.63, 3.8) is 0 Å². The van der Waals surface area contributed by atoms with Crippen LogP contribution in [0.15, 0.2) is 97.1 Å². The van der Waals surface area contributed by atoms with Crippen LogP contribution in [0.4, 0.5) is 4.79 Å². The van der Waals surface area contributed by atoms with E-state index in [0.717, 1.165) is 44.9 Å². The lowest BCUT2D eigenvalue weighted by Crippen LogP contribution is -2.59. The van der Waals surface area contributed by atoms with Gasteiger partial charge in [0.15, 0.2) is 0 Å². The lowest BCUT2D eigenvalue weighted by Gasteiger charge is -2.34. The van der Waals surface area contributed by atoms with Crippen molar-refractivity contribution >= 4 is 12.1 Å². The summed E-state index contributed by atoms with van der Waals surface area (Å²) in [6.07, 6.45) is -0.280. The summed E-state index contributed by atoms with van der Waals surface area (Å²) in [4.78, 5) is 26.9. The standard InChI is InChI=1S/C37H41NO6/c1-7-43-34(39)37(38-35(40)44-36(2,3)4,24-26-8-12-28(13-9-26)30-16-20-32(41-5)21-17-30)25-27-10-14-29(15-11-27)31-18-22-33(42-6)23-19-31/h8-23H,7,24-25H2,1-6H3,(H,38,40). The minimum absolute atomic E-state index is 0.170. The van der Waals surface area contributed by atoms with Crippen LogP contribution in [0.25, 0.3) is 22.3 Å². The largest absolute Gasteiger partial charge is 0.497 e. The minimum Gasteiger partial charge on any atom is -0.497 e. The molecule has 4 aromatic carbocycles. The van der Waals surface area contributed by atoms with E-state index >= 15 is 0 Å². The summed E-state index contributed by atoms with van der Waals surface area (Å²) in [5.74, 6) is 1.05. The highest BCUT2D eigenvalue weighted by molar-refractivity contribution is 5.87. The van der Waals surface area contributed by atoms with E-state index in [9.17, 15) is 9.59 Å². The van der Waals surface area contributed by atoms with Crippen LogP contribution in [-0.2, 0) is 27.1 Å². The zero-order valence-corrected chi connectivity index (χ0v) is 26.3. The van der Waals surface area contributed by atoms with E-state index in [4.69, 9.17) is 18.9 Å². The molecular weight excluding hydrogens is 554 g/mol. The molecule has 1 amide bonds. The molecule has 0 heterocycles. The second kappa shape index (κ2) is 14.1. The van der Waals surface area contributed by atoms with Crippen molar-refractivity contribution < 1.29 is 28.5 Å². The summed E-state index contributed by atoms with van der Waals surface area (Å²) in [6, 6.07) is 31.5. The summed E-state index contributed by atoms with van der Waals surface area (Å²) < 4.78 is 21.7. The topological polar surface area (TPSA) is 83.1 Å². The van der Waals surface area contributed by atoms with Crippen LogP contribution in [0, 0.1) is 0 Å². The van der Waals surface area contributed by atoms with Gasteiger partial charge in [-0.1, -0.05) is 72.8 Å². The van der Waals surface area contributed by atoms with Gasteiger partial charge in [0.25, 0.3) is 0 Å². The predicted molar refractivity (Wildman–Crippen MR) is 173 cm³/mol. The fourth-order valence-electron chi connectivity index (χ4n) is 5.01. The van der Waals surface area contributed by atoms with E-state index in [-0.39, 0.29) is 19.4 Å². The number of esters is 1. The third kappa shape index (κ3) is 8.40. The highest BCUT2D eigenvalue weighted by Crippen LogP contribution is 2.28. The van der Waals surface area contributed by atoms with E-state index < -0.39 is 23.2 Å². The molecule has 0 aliphatic heterocycles. The first kappa shape index (κ1) is 32.1. The molecule has 0 atom stereocenters. The van der Waals surface area contributed by atoms with Gasteiger partial charge in [-0.3, -0.25) is 0 Å². The van der Waals surface area contributed by atoms with E-state index in [2.05, 4.69) is 5.32 Å². The maximum Gasteiger partial charge on any atom is 0.408 e. The molecule has 1 N–H and O–H groups in total. The number of nitrogens with one attached hydrogen (secondary N) is 1. The van der Waals surface area contributed by atoms with Crippen molar-refractivity contribution in [2.24, 2.45) is 0 Å². The number of benzene rings is 4. The van der Waals surface area contributed by atoms with Gasteiger partial charge in [-0.15, -0.1) is 0 Å². The van der Waals surface area contributed by atoms with Crippen molar-refractivity contribution in [3.8, 4) is 33.8 Å². The number of methoxy groups -OCH3 is 2. The Morgan fingerprint density at radius 1 is 0.614 bits per heavy atom. The molecule has 0 fully saturated rings. The van der Waals surface area contributed by atoms with Gasteiger partial charge >= 0.3 is 12.1 Å². The van der Waals surface area contributed by atoms with Crippen LogP contribution in [0.1, 0.15) is 38.8 Å². The molecule has 230 valence electrons. The minimum atomic E-state index is -1.42. The lowest BCUT2D eigenvalue weighted by molar-refractivity contribution is -0.151. The molecule has 0 saturated heterocycles. The molecule has 7 nitrogen and oxygen atoms in total. The Kier molecular flexibility index (Phi) is 10.3. The number of amides is 1. The average Bonchev–Trinajstić information content (AvgIpc) is 3.01. The van der Waals surface area contributed by atoms with Gasteiger partial charge in [0.05, 0.1) is 20.8 Å². The van der Waals surface area contributed by atoms with Crippen molar-refractivity contribution in [2.45, 2.75) is 51.7 Å². The van der Waals surface area contributed by atoms with Gasteiger partial charge in [0, 0.05) is 12.8 Å². The molecule has 0 unspecified atom stereocenters. The Bertz CT molecular complexity index is 1430. The highest BCUT2D eigenvalue weighted by Gasteiger charge is 2.43. The Morgan fingerprint density at radius 2 is 0.977 bits per heavy atom. The number of rotatable bonds is 11. The molecule has 4 aromatic rings. The van der Waals surface area contributed by atoms with E-state index in [1.54, 1.807) is 41.9 Å². The van der Waals surface area contributed by atoms with Gasteiger partial charge in [-0.05, 0) is 85.3 Å². The lowest BCUT2D eigenvalue weighted by atomic mass is 9.84. The Labute approximate surface area is 260 Å². The zero-order valence-electron chi connectivity index (χ0n) is 26.3. The van der Waals surface area contributed by atoms with Gasteiger partial charge in [0.1, 0.15) is 22.6 Å². The van der Waals surface area contributed by atoms with Crippen LogP contribution in [0.5, 0.6) is 11.5 Å². The monoisotopic (exact) mass is 595 g/mol. The van der Waals surface area contributed by atoms with Crippen molar-refractivity contribution in [1.82, 2.24) is 5.32 Å². The van der Waals surface area contributed by atoms with Gasteiger partial charge in [-0.2, -0.15) is 0 Å². The molecular formula is C37H41NO6. The first-order valence-electron chi connectivity index (χ1n) is 14.7. The molecule has 0 radical (unpaired) electrons. The third-order valence-electron chi connectivity index (χ3n) is 7.17. The first-order valence-corrected chi connectivity index (χ1v) is 14.7. The number of alkyl carbamates (subject to hydrolysis) is 1. The van der Waals surface area contributed by atoms with Crippen molar-refractivity contribution in [3.05, 3.63) is 108 Å². The normalized spacial score (nSPS) is 11.4. The predicted octanol–water partition coefficient (Wildman–Crippen LogP) is 7.65. The van der Waals surface area contributed by atoms with Crippen LogP contribution in [0.3, 0.4) is 0 Å². The first-order chi connectivity index (χ1) is 21.0. The maximum atomic E-state index is 13.8. The second-order valence-corrected chi connectivity index (χ2v) is 11.6. The summed E-state index contributed by atoms with van der Waals surface area (Å²) in [5.41, 5.74) is 3.68. The van der Waals surface area contributed by atoms with Gasteiger partial charge in [-0.25, -0.2) is 9.59 Å². The molecule has 0 aromatic heterocycles. The smallest absolute Gasteiger partial charge is 0.408 e. The second-order valence-electron chi connectivity index (χ2n) is 11.6. The number of hydrogen-bond acceptors (Lipinski definition) is 6. The van der Waals surface area contributed by atoms with E-state index in [1.165, 1.54) is 0 Å². The molecule has 0 bridgehead atoms. The molecule has 0 aliphatic rings. The van der Waals surface area contributed by atoms with Gasteiger partial charge in [0.2, 0.25) is 0 Å². The molecule has 0 spiro atoms. The summed E-state index contributed by atoms with van der Waals surface area (Å²) in [5, 5.41) is 2.92. The zero-order chi connectivity index (χ0) is 31.7. The summed E-state index contributed by atoms with van der Waals surface area (Å²) in [7, 11) is 3.28. The Balaban J connectivity index is 1.67. The average molecular weight is 596 g/mol. The molecule has 7 heteroatoms. The SMILES string of the molecule is CCOC(=O)C(Cc1ccc(-c2ccc(OC)cc2)cc1)(Cc1ccc(-c2ccc(OC)cc2)cc1)NC(=O)OC(C)(C)C. The highest BCUT2D eigenvalue weighted by atomic mass is 16.6. The van der Waals surface area contributed by atoms with E-state index in [0.29, 0.717) is 0 Å². The molecule has 0 saturated carbocycles. The van der Waals surface area contributed by atoms with E-state index in [1.807, 2.05) is 97.1 Å². The van der Waals surface area contributed by atoms with Crippen LogP contribution in [0.2, 0.25) is 0 Å². The molecule has 0 aliphatic carbocycles. The number of hydrogen-bond donors (Lipinski definition) is 1. The van der Waals surface area contributed by atoms with Crippen molar-refractivity contribution in [1.29, 1.82) is 0 Å². The number of ether oxygens (including phenoxy) is 4. The fourth-order valence-corrected chi connectivity index (χ4v) is 5.01. The Hall–Kier alpha value is -4.78. The molecule has 44 heavy (non-hydrogen) atoms. The quantitative estimate of drug-likeness (QED) is 0.179. The molecule has 4 rings (SSSR count). The summed E-state index contributed by atoms with van der Waals surface area (Å²) in [6.45, 7) is 7.28. The Morgan fingerprint density at radius 3 is 1.30 bits per heavy atom. The number of carbonyl (C=O) groups excluding carboxylic acids is 2.